The molecule has 1 aromatic heterocycles. The number of sulfonamides is 1. The predicted octanol–water partition coefficient (Wildman–Crippen LogP) is 0.376. The second-order valence-corrected chi connectivity index (χ2v) is 7.21. The van der Waals surface area contributed by atoms with Crippen LogP contribution in [0.15, 0.2) is 18.5 Å². The van der Waals surface area contributed by atoms with Crippen LogP contribution in [0.2, 0.25) is 0 Å². The maximum absolute atomic E-state index is 12.1. The van der Waals surface area contributed by atoms with Crippen molar-refractivity contribution < 1.29 is 13.2 Å². The molecule has 118 valence electrons. The molecule has 1 aliphatic rings. The van der Waals surface area contributed by atoms with E-state index in [4.69, 9.17) is 0 Å². The Morgan fingerprint density at radius 3 is 2.67 bits per heavy atom. The molecule has 1 aromatic rings. The zero-order valence-electron chi connectivity index (χ0n) is 12.2. The highest BCUT2D eigenvalue weighted by molar-refractivity contribution is 7.89. The van der Waals surface area contributed by atoms with Crippen molar-refractivity contribution in [2.75, 3.05) is 25.4 Å². The molecule has 0 radical (unpaired) electrons. The molecular formula is C13H22N4O3S. The van der Waals surface area contributed by atoms with Crippen molar-refractivity contribution in [1.82, 2.24) is 19.4 Å². The van der Waals surface area contributed by atoms with Gasteiger partial charge in [-0.2, -0.15) is 5.10 Å². The Labute approximate surface area is 125 Å². The van der Waals surface area contributed by atoms with Crippen molar-refractivity contribution in [2.24, 2.45) is 0 Å². The van der Waals surface area contributed by atoms with E-state index < -0.39 is 16.1 Å². The molecule has 21 heavy (non-hydrogen) atoms. The molecule has 0 aliphatic carbocycles. The SMILES string of the molecule is CC[C@H](C(=O)NCCS(=O)(=O)N1CCCC1)n1cccn1. The lowest BCUT2D eigenvalue weighted by atomic mass is 10.2. The van der Waals surface area contributed by atoms with Crippen molar-refractivity contribution in [3.63, 3.8) is 0 Å². The highest BCUT2D eigenvalue weighted by atomic mass is 32.2. The monoisotopic (exact) mass is 314 g/mol. The van der Waals surface area contributed by atoms with Crippen molar-refractivity contribution in [3.05, 3.63) is 18.5 Å². The molecule has 1 N–H and O–H groups in total. The minimum Gasteiger partial charge on any atom is -0.353 e. The van der Waals surface area contributed by atoms with Crippen molar-refractivity contribution in [2.45, 2.75) is 32.2 Å². The normalized spacial score (nSPS) is 17.8. The first kappa shape index (κ1) is 16.0. The van der Waals surface area contributed by atoms with Gasteiger partial charge in [0.05, 0.1) is 5.75 Å². The van der Waals surface area contributed by atoms with Crippen LogP contribution >= 0.6 is 0 Å². The van der Waals surface area contributed by atoms with Gasteiger partial charge in [0.1, 0.15) is 6.04 Å². The lowest BCUT2D eigenvalue weighted by molar-refractivity contribution is -0.124. The van der Waals surface area contributed by atoms with Crippen molar-refractivity contribution >= 4 is 15.9 Å². The van der Waals surface area contributed by atoms with Gasteiger partial charge in [0.25, 0.3) is 0 Å². The smallest absolute Gasteiger partial charge is 0.244 e. The van der Waals surface area contributed by atoms with Gasteiger partial charge < -0.3 is 5.32 Å². The Kier molecular flexibility index (Phi) is 5.35. The highest BCUT2D eigenvalue weighted by Gasteiger charge is 2.25. The fraction of sp³-hybridized carbons (Fsp3) is 0.692. The van der Waals surface area contributed by atoms with E-state index in [2.05, 4.69) is 10.4 Å². The van der Waals surface area contributed by atoms with E-state index in [9.17, 15) is 13.2 Å². The molecule has 1 atom stereocenters. The largest absolute Gasteiger partial charge is 0.353 e. The van der Waals surface area contributed by atoms with Gasteiger partial charge in [-0.3, -0.25) is 9.48 Å². The summed E-state index contributed by atoms with van der Waals surface area (Å²) in [5, 5.41) is 6.75. The molecule has 1 saturated heterocycles. The molecule has 0 unspecified atom stereocenters. The summed E-state index contributed by atoms with van der Waals surface area (Å²) in [7, 11) is -3.25. The number of amides is 1. The summed E-state index contributed by atoms with van der Waals surface area (Å²) in [6.07, 6.45) is 5.79. The van der Waals surface area contributed by atoms with Gasteiger partial charge in [-0.1, -0.05) is 6.92 Å². The second kappa shape index (κ2) is 7.04. The molecule has 0 spiro atoms. The van der Waals surface area contributed by atoms with Gasteiger partial charge in [-0.05, 0) is 25.3 Å². The molecule has 0 saturated carbocycles. The number of rotatable bonds is 7. The van der Waals surface area contributed by atoms with Crippen LogP contribution in [0.5, 0.6) is 0 Å². The Morgan fingerprint density at radius 1 is 1.38 bits per heavy atom. The standard InChI is InChI=1S/C13H22N4O3S/c1-2-12(17-10-5-6-15-17)13(18)14-7-11-21(19,20)16-8-3-4-9-16/h5-6,10,12H,2-4,7-9,11H2,1H3,(H,14,18)/t12-/m1/s1. The van der Waals surface area contributed by atoms with Gasteiger partial charge in [0, 0.05) is 32.0 Å². The maximum Gasteiger partial charge on any atom is 0.244 e. The third kappa shape index (κ3) is 4.04. The lowest BCUT2D eigenvalue weighted by Crippen LogP contribution is -2.38. The Balaban J connectivity index is 1.83. The van der Waals surface area contributed by atoms with Crippen LogP contribution in [0, 0.1) is 0 Å². The second-order valence-electron chi connectivity index (χ2n) is 5.12. The Morgan fingerprint density at radius 2 is 2.10 bits per heavy atom. The summed E-state index contributed by atoms with van der Waals surface area (Å²) in [6, 6.07) is 1.36. The van der Waals surface area contributed by atoms with E-state index in [0.717, 1.165) is 12.8 Å². The highest BCUT2D eigenvalue weighted by Crippen LogP contribution is 2.13. The van der Waals surface area contributed by atoms with Gasteiger partial charge in [0.2, 0.25) is 15.9 Å². The van der Waals surface area contributed by atoms with Crippen LogP contribution in [0.4, 0.5) is 0 Å². The summed E-state index contributed by atoms with van der Waals surface area (Å²) in [5.41, 5.74) is 0. The Bertz CT molecular complexity index is 550. The van der Waals surface area contributed by atoms with E-state index in [1.54, 1.807) is 23.1 Å². The molecule has 1 amide bonds. The van der Waals surface area contributed by atoms with E-state index in [-0.39, 0.29) is 18.2 Å². The number of hydrogen-bond donors (Lipinski definition) is 1. The first-order valence-electron chi connectivity index (χ1n) is 7.29. The molecule has 2 heterocycles. The molecular weight excluding hydrogens is 292 g/mol. The van der Waals surface area contributed by atoms with Crippen molar-refractivity contribution in [1.29, 1.82) is 0 Å². The molecule has 0 bridgehead atoms. The summed E-state index contributed by atoms with van der Waals surface area (Å²) >= 11 is 0. The molecule has 1 aliphatic heterocycles. The van der Waals surface area contributed by atoms with Crippen LogP contribution in [-0.4, -0.2) is 53.8 Å². The molecule has 0 aromatic carbocycles. The minimum absolute atomic E-state index is 0.0473. The predicted molar refractivity (Wildman–Crippen MR) is 79.2 cm³/mol. The fourth-order valence-corrected chi connectivity index (χ4v) is 3.91. The average Bonchev–Trinajstić information content (AvgIpc) is 3.13. The zero-order valence-corrected chi connectivity index (χ0v) is 13.1. The van der Waals surface area contributed by atoms with Crippen LogP contribution in [0.3, 0.4) is 0 Å². The van der Waals surface area contributed by atoms with Crippen LogP contribution in [0.25, 0.3) is 0 Å². The van der Waals surface area contributed by atoms with E-state index in [1.807, 2.05) is 6.92 Å². The van der Waals surface area contributed by atoms with Gasteiger partial charge >= 0.3 is 0 Å². The Hall–Kier alpha value is -1.41. The number of hydrogen-bond acceptors (Lipinski definition) is 4. The number of carbonyl (C=O) groups is 1. The quantitative estimate of drug-likeness (QED) is 0.788. The van der Waals surface area contributed by atoms with Gasteiger partial charge in [0.15, 0.2) is 0 Å². The van der Waals surface area contributed by atoms with Gasteiger partial charge in [-0.25, -0.2) is 12.7 Å². The summed E-state index contributed by atoms with van der Waals surface area (Å²) in [6.45, 7) is 3.23. The summed E-state index contributed by atoms with van der Waals surface area (Å²) < 4.78 is 27.2. The van der Waals surface area contributed by atoms with Crippen molar-refractivity contribution in [3.8, 4) is 0 Å². The average molecular weight is 314 g/mol. The third-order valence-electron chi connectivity index (χ3n) is 3.65. The first-order chi connectivity index (χ1) is 10.0. The van der Waals surface area contributed by atoms with E-state index in [0.29, 0.717) is 19.5 Å². The van der Waals surface area contributed by atoms with Crippen LogP contribution in [-0.2, 0) is 14.8 Å². The van der Waals surface area contributed by atoms with Gasteiger partial charge in [-0.15, -0.1) is 0 Å². The van der Waals surface area contributed by atoms with E-state index >= 15 is 0 Å². The number of nitrogens with zero attached hydrogens (tertiary/aromatic N) is 3. The molecule has 1 fully saturated rings. The van der Waals surface area contributed by atoms with E-state index in [1.165, 1.54) is 4.31 Å². The summed E-state index contributed by atoms with van der Waals surface area (Å²) in [5.74, 6) is -0.244. The number of carbonyl (C=O) groups excluding carboxylic acids is 1. The molecule has 7 nitrogen and oxygen atoms in total. The number of aromatic nitrogens is 2. The molecule has 2 rings (SSSR count). The van der Waals surface area contributed by atoms with Crippen LogP contribution < -0.4 is 5.32 Å². The topological polar surface area (TPSA) is 84.3 Å². The fourth-order valence-electron chi connectivity index (χ4n) is 2.47. The maximum atomic E-state index is 12.1. The first-order valence-corrected chi connectivity index (χ1v) is 8.90. The minimum atomic E-state index is -3.25. The lowest BCUT2D eigenvalue weighted by Gasteiger charge is -2.18. The third-order valence-corrected chi connectivity index (χ3v) is 5.52. The molecule has 8 heteroatoms. The summed E-state index contributed by atoms with van der Waals surface area (Å²) in [4.78, 5) is 12.1. The van der Waals surface area contributed by atoms with Crippen LogP contribution in [0.1, 0.15) is 32.2 Å². The number of nitrogens with one attached hydrogen (secondary N) is 1. The zero-order chi connectivity index (χ0) is 15.3.